The summed E-state index contributed by atoms with van der Waals surface area (Å²) in [6.45, 7) is 2.15. The molecule has 1 N–H and O–H groups in total. The van der Waals surface area contributed by atoms with Crippen molar-refractivity contribution in [3.05, 3.63) is 24.2 Å². The Hall–Kier alpha value is -1.25. The molecule has 0 radical (unpaired) electrons. The van der Waals surface area contributed by atoms with Crippen LogP contribution in [-0.2, 0) is 11.2 Å². The number of carbonyl (C=O) groups is 1. The first-order valence-corrected chi connectivity index (χ1v) is 6.42. The van der Waals surface area contributed by atoms with Gasteiger partial charge in [-0.15, -0.1) is 0 Å². The highest BCUT2D eigenvalue weighted by Crippen LogP contribution is 2.43. The lowest BCUT2D eigenvalue weighted by Gasteiger charge is -2.37. The first kappa shape index (κ1) is 12.2. The van der Waals surface area contributed by atoms with Gasteiger partial charge in [0.25, 0.3) is 0 Å². The fraction of sp³-hybridized carbons (Fsp3) is 0.643. The third-order valence-corrected chi connectivity index (χ3v) is 4.07. The lowest BCUT2D eigenvalue weighted by atomic mass is 9.67. The van der Waals surface area contributed by atoms with Crippen LogP contribution in [-0.4, -0.2) is 11.1 Å². The highest BCUT2D eigenvalue weighted by Gasteiger charge is 2.43. The van der Waals surface area contributed by atoms with Crippen molar-refractivity contribution >= 4 is 5.97 Å². The second-order valence-corrected chi connectivity index (χ2v) is 5.21. The van der Waals surface area contributed by atoms with Crippen LogP contribution in [0.15, 0.2) is 22.8 Å². The van der Waals surface area contributed by atoms with Crippen molar-refractivity contribution in [2.24, 2.45) is 11.3 Å². The van der Waals surface area contributed by atoms with Crippen molar-refractivity contribution in [1.82, 2.24) is 0 Å². The van der Waals surface area contributed by atoms with E-state index in [-0.39, 0.29) is 0 Å². The van der Waals surface area contributed by atoms with Crippen molar-refractivity contribution in [3.63, 3.8) is 0 Å². The molecule has 0 bridgehead atoms. The predicted molar refractivity (Wildman–Crippen MR) is 64.7 cm³/mol. The van der Waals surface area contributed by atoms with Gasteiger partial charge >= 0.3 is 5.97 Å². The molecule has 3 heteroatoms. The predicted octanol–water partition coefficient (Wildman–Crippen LogP) is 3.49. The smallest absolute Gasteiger partial charge is 0.310 e. The maximum Gasteiger partial charge on any atom is 0.310 e. The van der Waals surface area contributed by atoms with Crippen LogP contribution in [0.1, 0.15) is 44.8 Å². The monoisotopic (exact) mass is 236 g/mol. The van der Waals surface area contributed by atoms with Crippen LogP contribution in [0, 0.1) is 11.3 Å². The molecule has 3 nitrogen and oxygen atoms in total. The molecule has 1 fully saturated rings. The van der Waals surface area contributed by atoms with E-state index in [4.69, 9.17) is 4.42 Å². The van der Waals surface area contributed by atoms with Crippen molar-refractivity contribution in [2.75, 3.05) is 0 Å². The Morgan fingerprint density at radius 3 is 3.06 bits per heavy atom. The number of carboxylic acids is 1. The van der Waals surface area contributed by atoms with Crippen molar-refractivity contribution in [2.45, 2.75) is 45.4 Å². The van der Waals surface area contributed by atoms with Gasteiger partial charge in [-0.2, -0.15) is 0 Å². The number of carboxylic acid groups (broad SMARTS) is 1. The molecule has 1 aromatic rings. The summed E-state index contributed by atoms with van der Waals surface area (Å²) in [4.78, 5) is 11.6. The molecule has 0 spiro atoms. The minimum Gasteiger partial charge on any atom is -0.481 e. The summed E-state index contributed by atoms with van der Waals surface area (Å²) in [7, 11) is 0. The number of hydrogen-bond donors (Lipinski definition) is 1. The van der Waals surface area contributed by atoms with E-state index in [1.54, 1.807) is 6.26 Å². The Balaban J connectivity index is 2.17. The zero-order chi connectivity index (χ0) is 12.3. The number of rotatable bonds is 4. The third kappa shape index (κ3) is 2.54. The molecular weight excluding hydrogens is 216 g/mol. The normalized spacial score (nSPS) is 29.1. The summed E-state index contributed by atoms with van der Waals surface area (Å²) in [6.07, 6.45) is 6.98. The molecule has 0 aliphatic heterocycles. The van der Waals surface area contributed by atoms with Gasteiger partial charge in [0.15, 0.2) is 0 Å². The second kappa shape index (κ2) is 4.94. The SMILES string of the molecule is CCC1CCCC(Cc2ccco2)(C(=O)O)C1. The second-order valence-electron chi connectivity index (χ2n) is 5.21. The van der Waals surface area contributed by atoms with Gasteiger partial charge in [-0.05, 0) is 30.9 Å². The lowest BCUT2D eigenvalue weighted by Crippen LogP contribution is -2.38. The summed E-state index contributed by atoms with van der Waals surface area (Å²) < 4.78 is 5.32. The standard InChI is InChI=1S/C14H20O3/c1-2-11-5-3-7-14(9-11,13(15)16)10-12-6-4-8-17-12/h4,6,8,11H,2-3,5,7,9-10H2,1H3,(H,15,16). The molecule has 1 aliphatic carbocycles. The highest BCUT2D eigenvalue weighted by molar-refractivity contribution is 5.75. The first-order valence-electron chi connectivity index (χ1n) is 6.42. The van der Waals surface area contributed by atoms with Gasteiger partial charge in [0, 0.05) is 6.42 Å². The Morgan fingerprint density at radius 2 is 2.47 bits per heavy atom. The topological polar surface area (TPSA) is 50.4 Å². The molecule has 1 aliphatic rings. The van der Waals surface area contributed by atoms with Gasteiger partial charge in [0.1, 0.15) is 5.76 Å². The van der Waals surface area contributed by atoms with Crippen molar-refractivity contribution in [1.29, 1.82) is 0 Å². The van der Waals surface area contributed by atoms with E-state index in [9.17, 15) is 9.90 Å². The molecule has 0 aromatic carbocycles. The average Bonchev–Trinajstić information content (AvgIpc) is 2.81. The van der Waals surface area contributed by atoms with Crippen molar-refractivity contribution in [3.8, 4) is 0 Å². The highest BCUT2D eigenvalue weighted by atomic mass is 16.4. The van der Waals surface area contributed by atoms with Crippen LogP contribution in [0.4, 0.5) is 0 Å². The maximum absolute atomic E-state index is 11.6. The maximum atomic E-state index is 11.6. The van der Waals surface area contributed by atoms with Gasteiger partial charge in [0.05, 0.1) is 11.7 Å². The van der Waals surface area contributed by atoms with Crippen molar-refractivity contribution < 1.29 is 14.3 Å². The molecule has 1 heterocycles. The average molecular weight is 236 g/mol. The summed E-state index contributed by atoms with van der Waals surface area (Å²) in [5, 5.41) is 9.56. The number of aliphatic carboxylic acids is 1. The van der Waals surface area contributed by atoms with Crippen LogP contribution in [0.5, 0.6) is 0 Å². The molecule has 2 rings (SSSR count). The van der Waals surface area contributed by atoms with E-state index in [2.05, 4.69) is 6.92 Å². The molecule has 0 saturated heterocycles. The molecule has 17 heavy (non-hydrogen) atoms. The molecular formula is C14H20O3. The first-order chi connectivity index (χ1) is 8.16. The zero-order valence-corrected chi connectivity index (χ0v) is 10.3. The minimum atomic E-state index is -0.660. The molecule has 94 valence electrons. The van der Waals surface area contributed by atoms with Gasteiger partial charge < -0.3 is 9.52 Å². The quantitative estimate of drug-likeness (QED) is 0.870. The van der Waals surface area contributed by atoms with Crippen LogP contribution in [0.2, 0.25) is 0 Å². The zero-order valence-electron chi connectivity index (χ0n) is 10.3. The van der Waals surface area contributed by atoms with Crippen LogP contribution in [0.3, 0.4) is 0 Å². The van der Waals surface area contributed by atoms with Gasteiger partial charge in [0.2, 0.25) is 0 Å². The van der Waals surface area contributed by atoms with Crippen LogP contribution >= 0.6 is 0 Å². The number of hydrogen-bond acceptors (Lipinski definition) is 2. The summed E-state index contributed by atoms with van der Waals surface area (Å²) in [6, 6.07) is 3.70. The van der Waals surface area contributed by atoms with Gasteiger partial charge in [-0.25, -0.2) is 0 Å². The van der Waals surface area contributed by atoms with Gasteiger partial charge in [-0.3, -0.25) is 4.79 Å². The van der Waals surface area contributed by atoms with E-state index >= 15 is 0 Å². The number of furan rings is 1. The van der Waals surface area contributed by atoms with Crippen LogP contribution in [0.25, 0.3) is 0 Å². The third-order valence-electron chi connectivity index (χ3n) is 4.07. The largest absolute Gasteiger partial charge is 0.481 e. The van der Waals surface area contributed by atoms with Crippen LogP contribution < -0.4 is 0 Å². The molecule has 1 saturated carbocycles. The molecule has 2 atom stereocenters. The Kier molecular flexibility index (Phi) is 3.55. The van der Waals surface area contributed by atoms with E-state index in [1.165, 1.54) is 6.42 Å². The Labute approximate surface area is 102 Å². The van der Waals surface area contributed by atoms with E-state index < -0.39 is 11.4 Å². The fourth-order valence-corrected chi connectivity index (χ4v) is 3.01. The van der Waals surface area contributed by atoms with E-state index in [1.807, 2.05) is 12.1 Å². The summed E-state index contributed by atoms with van der Waals surface area (Å²) >= 11 is 0. The molecule has 0 amide bonds. The summed E-state index contributed by atoms with van der Waals surface area (Å²) in [5.74, 6) is 0.686. The lowest BCUT2D eigenvalue weighted by molar-refractivity contribution is -0.152. The Bertz CT molecular complexity index is 369. The van der Waals surface area contributed by atoms with Gasteiger partial charge in [-0.1, -0.05) is 26.2 Å². The fourth-order valence-electron chi connectivity index (χ4n) is 3.01. The molecule has 2 unspecified atom stereocenters. The van der Waals surface area contributed by atoms with E-state index in [0.717, 1.165) is 31.4 Å². The summed E-state index contributed by atoms with van der Waals surface area (Å²) in [5.41, 5.74) is -0.600. The minimum absolute atomic E-state index is 0.534. The molecule has 1 aromatic heterocycles. The van der Waals surface area contributed by atoms with E-state index in [0.29, 0.717) is 12.3 Å². The Morgan fingerprint density at radius 1 is 1.65 bits per heavy atom.